The Morgan fingerprint density at radius 1 is 1.42 bits per heavy atom. The molecule has 1 aliphatic rings. The largest absolute Gasteiger partial charge is 0.475 e. The molecule has 0 fully saturated rings. The molecular weight excluding hydrogens is 270 g/mol. The Morgan fingerprint density at radius 2 is 2.21 bits per heavy atom. The number of hydrogen-bond donors (Lipinski definition) is 2. The van der Waals surface area contributed by atoms with Gasteiger partial charge in [0.25, 0.3) is 10.0 Å². The lowest BCUT2D eigenvalue weighted by atomic mass is 10.2. The van der Waals surface area contributed by atoms with Crippen LogP contribution < -0.4 is 4.72 Å². The second-order valence-electron chi connectivity index (χ2n) is 4.33. The Hall–Kier alpha value is -1.60. The van der Waals surface area contributed by atoms with Crippen LogP contribution in [-0.4, -0.2) is 26.0 Å². The third-order valence-electron chi connectivity index (χ3n) is 2.93. The van der Waals surface area contributed by atoms with Gasteiger partial charge in [-0.15, -0.1) is 0 Å². The first kappa shape index (κ1) is 13.8. The standard InChI is InChI=1S/C12H15NO5S/c14-12(15)10-5-6-11(18-10)19(16,17)13-8-7-9-3-1-2-4-9/h3,5-6,13H,1-2,4,7-8H2,(H,14,15). The van der Waals surface area contributed by atoms with E-state index in [1.165, 1.54) is 5.57 Å². The highest BCUT2D eigenvalue weighted by atomic mass is 32.2. The van der Waals surface area contributed by atoms with Crippen molar-refractivity contribution in [2.45, 2.75) is 30.8 Å². The van der Waals surface area contributed by atoms with Crippen LogP contribution >= 0.6 is 0 Å². The molecule has 104 valence electrons. The van der Waals surface area contributed by atoms with Crippen LogP contribution in [-0.2, 0) is 10.0 Å². The van der Waals surface area contributed by atoms with E-state index in [2.05, 4.69) is 10.8 Å². The summed E-state index contributed by atoms with van der Waals surface area (Å²) in [4.78, 5) is 10.6. The van der Waals surface area contributed by atoms with E-state index in [9.17, 15) is 13.2 Å². The lowest BCUT2D eigenvalue weighted by Gasteiger charge is -2.04. The summed E-state index contributed by atoms with van der Waals surface area (Å²) < 4.78 is 30.8. The van der Waals surface area contributed by atoms with Crippen molar-refractivity contribution in [2.75, 3.05) is 6.54 Å². The van der Waals surface area contributed by atoms with Gasteiger partial charge in [0.05, 0.1) is 0 Å². The summed E-state index contributed by atoms with van der Waals surface area (Å²) in [6.45, 7) is 0.289. The number of carbonyl (C=O) groups is 1. The molecular formula is C12H15NO5S. The van der Waals surface area contributed by atoms with Crippen molar-refractivity contribution in [2.24, 2.45) is 0 Å². The van der Waals surface area contributed by atoms with Gasteiger partial charge in [0, 0.05) is 6.54 Å². The zero-order valence-corrected chi connectivity index (χ0v) is 11.1. The Balaban J connectivity index is 1.95. The molecule has 6 nitrogen and oxygen atoms in total. The fourth-order valence-corrected chi connectivity index (χ4v) is 2.92. The lowest BCUT2D eigenvalue weighted by molar-refractivity contribution is 0.0656. The van der Waals surface area contributed by atoms with Crippen molar-refractivity contribution in [3.63, 3.8) is 0 Å². The second-order valence-corrected chi connectivity index (χ2v) is 6.02. The summed E-state index contributed by atoms with van der Waals surface area (Å²) in [5.41, 5.74) is 1.26. The van der Waals surface area contributed by atoms with E-state index in [-0.39, 0.29) is 17.4 Å². The first-order chi connectivity index (χ1) is 8.99. The monoisotopic (exact) mass is 285 g/mol. The van der Waals surface area contributed by atoms with Crippen molar-refractivity contribution >= 4 is 16.0 Å². The number of allylic oxidation sites excluding steroid dienone is 1. The van der Waals surface area contributed by atoms with E-state index in [0.29, 0.717) is 6.42 Å². The SMILES string of the molecule is O=C(O)c1ccc(S(=O)(=O)NCCC2=CCCC2)o1. The van der Waals surface area contributed by atoms with Gasteiger partial charge < -0.3 is 9.52 Å². The fourth-order valence-electron chi connectivity index (χ4n) is 1.96. The molecule has 0 unspecified atom stereocenters. The highest BCUT2D eigenvalue weighted by Gasteiger charge is 2.20. The molecule has 0 bridgehead atoms. The third kappa shape index (κ3) is 3.45. The van der Waals surface area contributed by atoms with Crippen LogP contribution in [0.1, 0.15) is 36.2 Å². The predicted molar refractivity (Wildman–Crippen MR) is 67.4 cm³/mol. The van der Waals surface area contributed by atoms with Crippen LogP contribution in [0, 0.1) is 0 Å². The second kappa shape index (κ2) is 5.58. The Morgan fingerprint density at radius 3 is 2.79 bits per heavy atom. The molecule has 2 N–H and O–H groups in total. The summed E-state index contributed by atoms with van der Waals surface area (Å²) in [5.74, 6) is -1.68. The van der Waals surface area contributed by atoms with E-state index < -0.39 is 16.0 Å². The quantitative estimate of drug-likeness (QED) is 0.776. The smallest absolute Gasteiger partial charge is 0.371 e. The normalized spacial score (nSPS) is 15.5. The highest BCUT2D eigenvalue weighted by molar-refractivity contribution is 7.89. The third-order valence-corrected chi connectivity index (χ3v) is 4.26. The Kier molecular flexibility index (Phi) is 4.06. The number of nitrogens with one attached hydrogen (secondary N) is 1. The minimum absolute atomic E-state index is 0.289. The number of rotatable bonds is 6. The lowest BCUT2D eigenvalue weighted by Crippen LogP contribution is -2.24. The molecule has 0 saturated heterocycles. The van der Waals surface area contributed by atoms with Gasteiger partial charge in [0.15, 0.2) is 0 Å². The van der Waals surface area contributed by atoms with E-state index in [1.807, 2.05) is 0 Å². The zero-order valence-electron chi connectivity index (χ0n) is 10.3. The molecule has 1 aromatic rings. The minimum atomic E-state index is -3.77. The molecule has 0 aliphatic heterocycles. The van der Waals surface area contributed by atoms with Crippen LogP contribution in [0.4, 0.5) is 0 Å². The van der Waals surface area contributed by atoms with Crippen LogP contribution in [0.2, 0.25) is 0 Å². The molecule has 0 atom stereocenters. The first-order valence-corrected chi connectivity index (χ1v) is 7.48. The topological polar surface area (TPSA) is 96.6 Å². The molecule has 1 aliphatic carbocycles. The highest BCUT2D eigenvalue weighted by Crippen LogP contribution is 2.20. The summed E-state index contributed by atoms with van der Waals surface area (Å²) in [5, 5.41) is 8.30. The fraction of sp³-hybridized carbons (Fsp3) is 0.417. The van der Waals surface area contributed by atoms with Crippen molar-refractivity contribution in [3.8, 4) is 0 Å². The number of furan rings is 1. The van der Waals surface area contributed by atoms with Crippen molar-refractivity contribution in [1.82, 2.24) is 4.72 Å². The molecule has 0 spiro atoms. The average Bonchev–Trinajstić information content (AvgIpc) is 2.99. The maximum absolute atomic E-state index is 11.8. The molecule has 0 aromatic carbocycles. The molecule has 0 radical (unpaired) electrons. The van der Waals surface area contributed by atoms with E-state index in [0.717, 1.165) is 31.4 Å². The number of carboxylic acids is 1. The van der Waals surface area contributed by atoms with E-state index in [4.69, 9.17) is 9.52 Å². The maximum Gasteiger partial charge on any atom is 0.371 e. The Labute approximate surface area is 111 Å². The molecule has 1 heterocycles. The van der Waals surface area contributed by atoms with E-state index in [1.54, 1.807) is 0 Å². The number of sulfonamides is 1. The molecule has 19 heavy (non-hydrogen) atoms. The van der Waals surface area contributed by atoms with E-state index >= 15 is 0 Å². The van der Waals surface area contributed by atoms with Gasteiger partial charge in [-0.2, -0.15) is 0 Å². The number of hydrogen-bond acceptors (Lipinski definition) is 4. The van der Waals surface area contributed by atoms with Gasteiger partial charge >= 0.3 is 5.97 Å². The Bertz CT molecular complexity index is 599. The van der Waals surface area contributed by atoms with Crippen LogP contribution in [0.3, 0.4) is 0 Å². The van der Waals surface area contributed by atoms with Crippen molar-refractivity contribution in [3.05, 3.63) is 29.5 Å². The van der Waals surface area contributed by atoms with Gasteiger partial charge in [0.1, 0.15) is 0 Å². The molecule has 0 saturated carbocycles. The summed E-state index contributed by atoms with van der Waals surface area (Å²) in [7, 11) is -3.77. The molecule has 7 heteroatoms. The maximum atomic E-state index is 11.8. The first-order valence-electron chi connectivity index (χ1n) is 6.00. The van der Waals surface area contributed by atoms with Gasteiger partial charge in [0.2, 0.25) is 10.9 Å². The summed E-state index contributed by atoms with van der Waals surface area (Å²) in [6.07, 6.45) is 6.01. The van der Waals surface area contributed by atoms with Gasteiger partial charge in [-0.1, -0.05) is 11.6 Å². The van der Waals surface area contributed by atoms with Gasteiger partial charge in [-0.05, 0) is 37.8 Å². The molecule has 1 aromatic heterocycles. The van der Waals surface area contributed by atoms with Gasteiger partial charge in [-0.25, -0.2) is 17.9 Å². The molecule has 2 rings (SSSR count). The van der Waals surface area contributed by atoms with Crippen molar-refractivity contribution in [1.29, 1.82) is 0 Å². The average molecular weight is 285 g/mol. The molecule has 0 amide bonds. The van der Waals surface area contributed by atoms with Crippen molar-refractivity contribution < 1.29 is 22.7 Å². The summed E-state index contributed by atoms with van der Waals surface area (Å²) in [6, 6.07) is 2.26. The zero-order chi connectivity index (χ0) is 13.9. The van der Waals surface area contributed by atoms with Crippen LogP contribution in [0.15, 0.2) is 33.3 Å². The van der Waals surface area contributed by atoms with Crippen LogP contribution in [0.5, 0.6) is 0 Å². The predicted octanol–water partition coefficient (Wildman–Crippen LogP) is 1.76. The summed E-state index contributed by atoms with van der Waals surface area (Å²) >= 11 is 0. The number of carboxylic acid groups (broad SMARTS) is 1. The van der Waals surface area contributed by atoms with Crippen LogP contribution in [0.25, 0.3) is 0 Å². The number of aromatic carboxylic acids is 1. The minimum Gasteiger partial charge on any atom is -0.475 e. The van der Waals surface area contributed by atoms with Gasteiger partial charge in [-0.3, -0.25) is 0 Å².